The molecule has 1 aliphatic rings. The minimum atomic E-state index is -9.78. The smallest absolute Gasteiger partial charge is 0.325 e. The van der Waals surface area contributed by atoms with E-state index in [4.69, 9.17) is 4.42 Å². The van der Waals surface area contributed by atoms with Crippen molar-refractivity contribution in [1.29, 1.82) is 0 Å². The molecule has 3 rings (SSSR count). The fourth-order valence-corrected chi connectivity index (χ4v) is 2.62. The van der Waals surface area contributed by atoms with Crippen molar-refractivity contribution in [3.05, 3.63) is 42.4 Å². The Balaban J connectivity index is 1.91. The molecule has 23 heavy (non-hydrogen) atoms. The molecule has 4 nitrogen and oxygen atoms in total. The summed E-state index contributed by atoms with van der Waals surface area (Å²) in [5.74, 6) is 0.187. The summed E-state index contributed by atoms with van der Waals surface area (Å²) >= 11 is 0. The zero-order chi connectivity index (χ0) is 16.9. The molecule has 0 spiro atoms. The summed E-state index contributed by atoms with van der Waals surface area (Å²) in [6.45, 7) is 1.91. The first-order valence-electron chi connectivity index (χ1n) is 6.37. The Labute approximate surface area is 127 Å². The molecule has 124 valence electrons. The Hall–Kier alpha value is -2.23. The molecule has 1 aliphatic carbocycles. The van der Waals surface area contributed by atoms with Gasteiger partial charge in [-0.05, 0) is 12.1 Å². The van der Waals surface area contributed by atoms with E-state index in [1.54, 1.807) is 6.08 Å². The van der Waals surface area contributed by atoms with Gasteiger partial charge in [0, 0.05) is 17.7 Å². The fraction of sp³-hybridized carbons (Fsp3) is 0.154. The Morgan fingerprint density at radius 1 is 1.04 bits per heavy atom. The van der Waals surface area contributed by atoms with Crippen LogP contribution in [0.3, 0.4) is 0 Å². The van der Waals surface area contributed by atoms with E-state index in [9.17, 15) is 19.4 Å². The predicted molar refractivity (Wildman–Crippen MR) is 75.2 cm³/mol. The molecule has 10 heteroatoms. The highest BCUT2D eigenvalue weighted by molar-refractivity contribution is 8.45. The summed E-state index contributed by atoms with van der Waals surface area (Å²) in [4.78, 5) is 2.81. The van der Waals surface area contributed by atoms with E-state index in [1.165, 1.54) is 0 Å². The highest BCUT2D eigenvalue weighted by atomic mass is 32.5. The van der Waals surface area contributed by atoms with E-state index in [-0.39, 0.29) is 29.3 Å². The summed E-state index contributed by atoms with van der Waals surface area (Å²) in [5, 5.41) is 5.31. The first-order valence-corrected chi connectivity index (χ1v) is 8.32. The maximum Gasteiger partial charge on any atom is 0.325 e. The lowest BCUT2D eigenvalue weighted by atomic mass is 10.1. The number of hydrogen-bond acceptors (Lipinski definition) is 4. The van der Waals surface area contributed by atoms with Gasteiger partial charge in [-0.3, -0.25) is 0 Å². The van der Waals surface area contributed by atoms with Crippen LogP contribution in [0.25, 0.3) is 17.0 Å². The molecule has 2 aromatic rings. The van der Waals surface area contributed by atoms with E-state index in [0.717, 1.165) is 11.6 Å². The molecule has 2 aromatic heterocycles. The Morgan fingerprint density at radius 2 is 1.74 bits per heavy atom. The molecule has 1 atom stereocenters. The van der Waals surface area contributed by atoms with Gasteiger partial charge in [-0.2, -0.15) is 0 Å². The topological polar surface area (TPSA) is 51.8 Å². The molecule has 0 bridgehead atoms. The van der Waals surface area contributed by atoms with Crippen LogP contribution in [-0.2, 0) is 0 Å². The molecule has 0 aromatic carbocycles. The molecular weight excluding hydrogens is 341 g/mol. The summed E-state index contributed by atoms with van der Waals surface area (Å²) in [5.41, 5.74) is 0.786. The standard InChI is InChI=1S/C13H10F5N3OS/c1-8-3-2-4-10(8)13-21-20-12(22-13)9-5-6-11(19-7-9)23(14,15,16,17)18/h2-8H,1H3. The van der Waals surface area contributed by atoms with Gasteiger partial charge in [-0.15, -0.1) is 10.2 Å². The minimum absolute atomic E-state index is 0.0218. The van der Waals surface area contributed by atoms with E-state index in [1.807, 2.05) is 19.1 Å². The second-order valence-corrected chi connectivity index (χ2v) is 7.42. The molecular formula is C13H10F5N3OS. The van der Waals surface area contributed by atoms with Gasteiger partial charge >= 0.3 is 10.2 Å². The van der Waals surface area contributed by atoms with Crippen LogP contribution >= 0.6 is 10.2 Å². The lowest BCUT2D eigenvalue weighted by molar-refractivity contribution is 0.358. The van der Waals surface area contributed by atoms with E-state index >= 15 is 0 Å². The zero-order valence-corrected chi connectivity index (χ0v) is 12.4. The number of hydrogen-bond donors (Lipinski definition) is 0. The number of aromatic nitrogens is 3. The third-order valence-corrected chi connectivity index (χ3v) is 4.25. The molecule has 2 heterocycles. The van der Waals surface area contributed by atoms with E-state index in [0.29, 0.717) is 6.20 Å². The molecule has 0 saturated carbocycles. The molecule has 0 aliphatic heterocycles. The average molecular weight is 351 g/mol. The van der Waals surface area contributed by atoms with Crippen molar-refractivity contribution in [2.45, 2.75) is 11.9 Å². The van der Waals surface area contributed by atoms with Crippen LogP contribution in [0.15, 0.2) is 46.0 Å². The highest BCUT2D eigenvalue weighted by Crippen LogP contribution is 3.01. The summed E-state index contributed by atoms with van der Waals surface area (Å²) in [7, 11) is -9.78. The van der Waals surface area contributed by atoms with Crippen molar-refractivity contribution in [3.63, 3.8) is 0 Å². The van der Waals surface area contributed by atoms with Crippen LogP contribution in [0.5, 0.6) is 0 Å². The Bertz CT molecular complexity index is 824. The van der Waals surface area contributed by atoms with Gasteiger partial charge in [0.1, 0.15) is 0 Å². The number of rotatable bonds is 3. The fourth-order valence-electron chi connectivity index (χ4n) is 2.04. The van der Waals surface area contributed by atoms with Crippen molar-refractivity contribution in [3.8, 4) is 11.5 Å². The molecule has 0 fully saturated rings. The number of nitrogens with zero attached hydrogens (tertiary/aromatic N) is 3. The van der Waals surface area contributed by atoms with Gasteiger partial charge < -0.3 is 4.42 Å². The maximum absolute atomic E-state index is 12.6. The van der Waals surface area contributed by atoms with Crippen molar-refractivity contribution in [1.82, 2.24) is 15.2 Å². The third kappa shape index (κ3) is 3.11. The van der Waals surface area contributed by atoms with Gasteiger partial charge in [0.15, 0.2) is 5.03 Å². The summed E-state index contributed by atoms with van der Waals surface area (Å²) in [6.07, 6.45) is 6.13. The first-order chi connectivity index (χ1) is 10.4. The Morgan fingerprint density at radius 3 is 2.26 bits per heavy atom. The van der Waals surface area contributed by atoms with Gasteiger partial charge in [0.25, 0.3) is 0 Å². The zero-order valence-electron chi connectivity index (χ0n) is 11.6. The lowest BCUT2D eigenvalue weighted by Gasteiger charge is -2.39. The summed E-state index contributed by atoms with van der Waals surface area (Å²) in [6, 6.07) is 1.03. The minimum Gasteiger partial charge on any atom is -0.416 e. The maximum atomic E-state index is 12.6. The van der Waals surface area contributed by atoms with E-state index in [2.05, 4.69) is 15.2 Å². The number of allylic oxidation sites excluding steroid dienone is 4. The van der Waals surface area contributed by atoms with Crippen molar-refractivity contribution in [2.75, 3.05) is 0 Å². The first kappa shape index (κ1) is 15.7. The molecule has 1 unspecified atom stereocenters. The largest absolute Gasteiger partial charge is 0.416 e. The molecule has 0 N–H and O–H groups in total. The summed E-state index contributed by atoms with van der Waals surface area (Å²) < 4.78 is 68.4. The van der Waals surface area contributed by atoms with Crippen molar-refractivity contribution in [2.24, 2.45) is 5.92 Å². The van der Waals surface area contributed by atoms with Gasteiger partial charge in [-0.1, -0.05) is 44.6 Å². The third-order valence-electron chi connectivity index (χ3n) is 3.22. The van der Waals surface area contributed by atoms with Crippen LogP contribution in [-0.4, -0.2) is 15.2 Å². The van der Waals surface area contributed by atoms with Gasteiger partial charge in [-0.25, -0.2) is 4.98 Å². The van der Waals surface area contributed by atoms with Crippen LogP contribution < -0.4 is 0 Å². The second-order valence-electron chi connectivity index (χ2n) is 5.06. The SMILES string of the molecule is CC1C=CC=C1c1nnc(-c2ccc(S(F)(F)(F)(F)F)nc2)o1. The van der Waals surface area contributed by atoms with Crippen LogP contribution in [0.1, 0.15) is 12.8 Å². The number of pyridine rings is 1. The highest BCUT2D eigenvalue weighted by Gasteiger charge is 2.67. The molecule has 0 amide bonds. The average Bonchev–Trinajstić information content (AvgIpc) is 3.04. The second kappa shape index (κ2) is 4.19. The molecule has 0 radical (unpaired) electrons. The Kier molecular flexibility index (Phi) is 2.85. The quantitative estimate of drug-likeness (QED) is 0.697. The van der Waals surface area contributed by atoms with Crippen molar-refractivity contribution >= 4 is 15.8 Å². The normalized spacial score (nSPS) is 21.0. The molecule has 0 saturated heterocycles. The monoisotopic (exact) mass is 351 g/mol. The van der Waals surface area contributed by atoms with Gasteiger partial charge in [0.05, 0.1) is 5.56 Å². The van der Waals surface area contributed by atoms with E-state index < -0.39 is 15.3 Å². The van der Waals surface area contributed by atoms with Gasteiger partial charge in [0.2, 0.25) is 11.8 Å². The number of halogens is 5. The predicted octanol–water partition coefficient (Wildman–Crippen LogP) is 5.38. The van der Waals surface area contributed by atoms with Crippen LogP contribution in [0, 0.1) is 5.92 Å². The van der Waals surface area contributed by atoms with Crippen LogP contribution in [0.2, 0.25) is 0 Å². The van der Waals surface area contributed by atoms with Crippen LogP contribution in [0.4, 0.5) is 19.4 Å². The van der Waals surface area contributed by atoms with Crippen molar-refractivity contribution < 1.29 is 23.8 Å². The lowest BCUT2D eigenvalue weighted by Crippen LogP contribution is -2.08.